The summed E-state index contributed by atoms with van der Waals surface area (Å²) in [6.07, 6.45) is -0.471. The van der Waals surface area contributed by atoms with Gasteiger partial charge < -0.3 is 13.8 Å². The van der Waals surface area contributed by atoms with Gasteiger partial charge in [0.05, 0.1) is 13.2 Å². The van der Waals surface area contributed by atoms with Gasteiger partial charge in [-0.3, -0.25) is 9.36 Å². The molecule has 1 aromatic rings. The maximum atomic E-state index is 12.2. The molecule has 0 spiro atoms. The second-order valence-electron chi connectivity index (χ2n) is 4.10. The largest absolute Gasteiger partial charge is 0.426 e. The van der Waals surface area contributed by atoms with E-state index in [1.165, 1.54) is 24.3 Å². The molecule has 0 saturated heterocycles. The second kappa shape index (κ2) is 8.53. The predicted octanol–water partition coefficient (Wildman–Crippen LogP) is 4.68. The molecule has 0 aliphatic heterocycles. The third kappa shape index (κ3) is 6.45. The first-order chi connectivity index (χ1) is 10.2. The molecule has 0 N–H and O–H groups in total. The topological polar surface area (TPSA) is 61.8 Å². The third-order valence-corrected chi connectivity index (χ3v) is 4.99. The SMILES string of the molecule is CCOP(=O)(CC(=O)Oc1ccc(C(Cl)(Cl)Cl)cc1)OCC. The summed E-state index contributed by atoms with van der Waals surface area (Å²) in [7, 11) is -3.49. The van der Waals surface area contributed by atoms with Crippen LogP contribution in [-0.2, 0) is 22.2 Å². The standard InChI is InChI=1S/C13H16Cl3O5P/c1-3-19-22(18,20-4-2)9-12(17)21-11-7-5-10(6-8-11)13(14,15)16/h5-8H,3-4,9H2,1-2H3. The number of hydrogen-bond acceptors (Lipinski definition) is 5. The summed E-state index contributed by atoms with van der Waals surface area (Å²) in [6, 6.07) is 5.98. The Bertz CT molecular complexity index is 532. The Morgan fingerprint density at radius 3 is 2.00 bits per heavy atom. The maximum absolute atomic E-state index is 12.2. The molecule has 124 valence electrons. The third-order valence-electron chi connectivity index (χ3n) is 2.39. The molecule has 5 nitrogen and oxygen atoms in total. The van der Waals surface area contributed by atoms with Gasteiger partial charge in [0.2, 0.25) is 3.79 Å². The summed E-state index contributed by atoms with van der Waals surface area (Å²) < 4.78 is 25.8. The van der Waals surface area contributed by atoms with E-state index < -0.39 is 23.5 Å². The molecule has 9 heteroatoms. The Balaban J connectivity index is 2.70. The van der Waals surface area contributed by atoms with Crippen LogP contribution in [0.25, 0.3) is 0 Å². The van der Waals surface area contributed by atoms with Crippen molar-refractivity contribution in [2.24, 2.45) is 0 Å². The minimum Gasteiger partial charge on any atom is -0.426 e. The first-order valence-corrected chi connectivity index (χ1v) is 9.32. The van der Waals surface area contributed by atoms with Crippen molar-refractivity contribution >= 4 is 48.4 Å². The van der Waals surface area contributed by atoms with Crippen molar-refractivity contribution in [2.45, 2.75) is 17.6 Å². The molecule has 0 saturated carbocycles. The molecule has 0 unspecified atom stereocenters. The second-order valence-corrected chi connectivity index (χ2v) is 8.44. The summed E-state index contributed by atoms with van der Waals surface area (Å²) in [5, 5.41) is 0. The van der Waals surface area contributed by atoms with Crippen LogP contribution in [-0.4, -0.2) is 25.3 Å². The van der Waals surface area contributed by atoms with Gasteiger partial charge >= 0.3 is 13.6 Å². The Morgan fingerprint density at radius 1 is 1.09 bits per heavy atom. The summed E-state index contributed by atoms with van der Waals surface area (Å²) >= 11 is 17.2. The molecule has 0 fully saturated rings. The summed E-state index contributed by atoms with van der Waals surface area (Å²) in [6.45, 7) is 3.66. The van der Waals surface area contributed by atoms with E-state index in [0.29, 0.717) is 5.56 Å². The van der Waals surface area contributed by atoms with Gasteiger partial charge in [0, 0.05) is 5.56 Å². The number of esters is 1. The lowest BCUT2D eigenvalue weighted by molar-refractivity contribution is -0.131. The van der Waals surface area contributed by atoms with Crippen molar-refractivity contribution in [3.63, 3.8) is 0 Å². The molecule has 0 atom stereocenters. The fourth-order valence-corrected chi connectivity index (χ4v) is 3.36. The molecule has 0 aliphatic carbocycles. The van der Waals surface area contributed by atoms with Crippen LogP contribution in [0.4, 0.5) is 0 Å². The summed E-state index contributed by atoms with van der Waals surface area (Å²) in [5.74, 6) is -0.491. The lowest BCUT2D eigenvalue weighted by Crippen LogP contribution is -2.16. The predicted molar refractivity (Wildman–Crippen MR) is 87.0 cm³/mol. The van der Waals surface area contributed by atoms with E-state index in [1.807, 2.05) is 0 Å². The van der Waals surface area contributed by atoms with E-state index in [0.717, 1.165) is 0 Å². The van der Waals surface area contributed by atoms with Gasteiger partial charge in [0.15, 0.2) is 0 Å². The van der Waals surface area contributed by atoms with Gasteiger partial charge in [-0.05, 0) is 26.0 Å². The zero-order chi connectivity index (χ0) is 16.8. The molecule has 1 rings (SSSR count). The fraction of sp³-hybridized carbons (Fsp3) is 0.462. The molecule has 0 radical (unpaired) electrons. The van der Waals surface area contributed by atoms with Crippen LogP contribution < -0.4 is 4.74 Å². The van der Waals surface area contributed by atoms with E-state index >= 15 is 0 Å². The van der Waals surface area contributed by atoms with Crippen LogP contribution >= 0.6 is 42.4 Å². The summed E-state index contributed by atoms with van der Waals surface area (Å²) in [4.78, 5) is 11.8. The molecule has 0 bridgehead atoms. The molecule has 1 aromatic carbocycles. The van der Waals surface area contributed by atoms with Crippen LogP contribution in [0.2, 0.25) is 0 Å². The average Bonchev–Trinajstić information content (AvgIpc) is 2.38. The summed E-state index contributed by atoms with van der Waals surface area (Å²) in [5.41, 5.74) is 0.437. The highest BCUT2D eigenvalue weighted by molar-refractivity contribution is 7.54. The molecular formula is C13H16Cl3O5P. The molecule has 0 amide bonds. The van der Waals surface area contributed by atoms with Crippen LogP contribution in [0.3, 0.4) is 0 Å². The normalized spacial score (nSPS) is 12.2. The van der Waals surface area contributed by atoms with Crippen LogP contribution in [0.15, 0.2) is 24.3 Å². The van der Waals surface area contributed by atoms with Crippen molar-refractivity contribution < 1.29 is 23.1 Å². The van der Waals surface area contributed by atoms with Crippen molar-refractivity contribution in [1.82, 2.24) is 0 Å². The minimum atomic E-state index is -3.49. The Labute approximate surface area is 144 Å². The zero-order valence-corrected chi connectivity index (χ0v) is 15.2. The molecule has 0 heterocycles. The van der Waals surface area contributed by atoms with E-state index in [-0.39, 0.29) is 19.0 Å². The maximum Gasteiger partial charge on any atom is 0.341 e. The van der Waals surface area contributed by atoms with Gasteiger partial charge in [0.1, 0.15) is 11.9 Å². The minimum absolute atomic E-state index is 0.169. The van der Waals surface area contributed by atoms with Crippen LogP contribution in [0.5, 0.6) is 5.75 Å². The van der Waals surface area contributed by atoms with Crippen molar-refractivity contribution in [1.29, 1.82) is 0 Å². The molecule has 22 heavy (non-hydrogen) atoms. The zero-order valence-electron chi connectivity index (χ0n) is 12.1. The quantitative estimate of drug-likeness (QED) is 0.293. The Morgan fingerprint density at radius 2 is 1.59 bits per heavy atom. The number of rotatable bonds is 7. The van der Waals surface area contributed by atoms with Gasteiger partial charge in [-0.2, -0.15) is 0 Å². The van der Waals surface area contributed by atoms with E-state index in [9.17, 15) is 9.36 Å². The van der Waals surface area contributed by atoms with Crippen LogP contribution in [0, 0.1) is 0 Å². The lowest BCUT2D eigenvalue weighted by Gasteiger charge is -2.16. The van der Waals surface area contributed by atoms with Gasteiger partial charge in [-0.1, -0.05) is 46.9 Å². The number of carbonyl (C=O) groups excluding carboxylic acids is 1. The van der Waals surface area contributed by atoms with Crippen LogP contribution in [0.1, 0.15) is 19.4 Å². The molecular weight excluding hydrogens is 373 g/mol. The van der Waals surface area contributed by atoms with E-state index in [4.69, 9.17) is 48.6 Å². The van der Waals surface area contributed by atoms with Gasteiger partial charge in [0.25, 0.3) is 0 Å². The number of carbonyl (C=O) groups is 1. The van der Waals surface area contributed by atoms with Crippen molar-refractivity contribution in [3.8, 4) is 5.75 Å². The van der Waals surface area contributed by atoms with E-state index in [1.54, 1.807) is 13.8 Å². The van der Waals surface area contributed by atoms with Gasteiger partial charge in [-0.25, -0.2) is 0 Å². The highest BCUT2D eigenvalue weighted by Crippen LogP contribution is 2.47. The molecule has 0 aromatic heterocycles. The number of alkyl halides is 3. The van der Waals surface area contributed by atoms with Crippen molar-refractivity contribution in [2.75, 3.05) is 19.4 Å². The first-order valence-electron chi connectivity index (χ1n) is 6.46. The lowest BCUT2D eigenvalue weighted by atomic mass is 10.2. The van der Waals surface area contributed by atoms with E-state index in [2.05, 4.69) is 0 Å². The Hall–Kier alpha value is -0.290. The highest BCUT2D eigenvalue weighted by atomic mass is 35.6. The Kier molecular flexibility index (Phi) is 7.66. The molecule has 0 aliphatic rings. The monoisotopic (exact) mass is 388 g/mol. The average molecular weight is 390 g/mol. The first kappa shape index (κ1) is 19.8. The van der Waals surface area contributed by atoms with Gasteiger partial charge in [-0.15, -0.1) is 0 Å². The highest BCUT2D eigenvalue weighted by Gasteiger charge is 2.29. The number of ether oxygens (including phenoxy) is 1. The number of halogens is 3. The van der Waals surface area contributed by atoms with Crippen molar-refractivity contribution in [3.05, 3.63) is 29.8 Å². The fourth-order valence-electron chi connectivity index (χ4n) is 1.56. The smallest absolute Gasteiger partial charge is 0.341 e. The number of benzene rings is 1. The number of hydrogen-bond donors (Lipinski definition) is 0.